The summed E-state index contributed by atoms with van der Waals surface area (Å²) in [6.45, 7) is 1.33. The number of para-hydroxylation sites is 1. The zero-order chi connectivity index (χ0) is 21.7. The van der Waals surface area contributed by atoms with Gasteiger partial charge in [-0.1, -0.05) is 18.2 Å². The minimum Gasteiger partial charge on any atom is -0.493 e. The summed E-state index contributed by atoms with van der Waals surface area (Å²) in [7, 11) is 6.47. The first-order chi connectivity index (χ1) is 14.5. The molecule has 0 saturated carbocycles. The lowest BCUT2D eigenvalue weighted by Crippen LogP contribution is -2.39. The first-order valence-corrected chi connectivity index (χ1v) is 9.93. The van der Waals surface area contributed by atoms with Crippen molar-refractivity contribution < 1.29 is 28.8 Å². The minimum atomic E-state index is -0.726. The van der Waals surface area contributed by atoms with Crippen LogP contribution in [0.2, 0.25) is 0 Å². The van der Waals surface area contributed by atoms with Crippen LogP contribution in [0.5, 0.6) is 23.0 Å². The van der Waals surface area contributed by atoms with Crippen LogP contribution in [0.1, 0.15) is 30.0 Å². The average molecular weight is 415 g/mol. The van der Waals surface area contributed by atoms with Gasteiger partial charge in [0.15, 0.2) is 23.0 Å². The number of carboxylic acids is 1. The molecule has 30 heavy (non-hydrogen) atoms. The Morgan fingerprint density at radius 2 is 1.60 bits per heavy atom. The summed E-state index contributed by atoms with van der Waals surface area (Å²) in [5, 5.41) is 9.39. The summed E-state index contributed by atoms with van der Waals surface area (Å²) in [4.78, 5) is 13.7. The lowest BCUT2D eigenvalue weighted by molar-refractivity contribution is -0.143. The summed E-state index contributed by atoms with van der Waals surface area (Å²) >= 11 is 0. The van der Waals surface area contributed by atoms with Crippen molar-refractivity contribution in [2.24, 2.45) is 5.92 Å². The molecule has 3 rings (SSSR count). The van der Waals surface area contributed by atoms with E-state index in [0.717, 1.165) is 11.1 Å². The van der Waals surface area contributed by atoms with Crippen LogP contribution >= 0.6 is 0 Å². The van der Waals surface area contributed by atoms with Gasteiger partial charge in [-0.2, -0.15) is 0 Å². The Morgan fingerprint density at radius 3 is 2.17 bits per heavy atom. The SMILES string of the molecule is COc1ccc(C(c2cccc(OC)c2OC)N2CCC(C(=O)O)CC2)cc1OC. The number of rotatable bonds is 8. The Balaban J connectivity index is 2.08. The Morgan fingerprint density at radius 1 is 0.933 bits per heavy atom. The van der Waals surface area contributed by atoms with E-state index in [0.29, 0.717) is 48.9 Å². The standard InChI is InChI=1S/C23H29NO6/c1-27-18-9-8-16(14-20(18)29-3)21(24-12-10-15(11-13-24)23(25)26)17-6-5-7-19(28-2)22(17)30-4/h5-9,14-15,21H,10-13H2,1-4H3,(H,25,26). The molecule has 7 heteroatoms. The van der Waals surface area contributed by atoms with Crippen molar-refractivity contribution in [3.05, 3.63) is 47.5 Å². The van der Waals surface area contributed by atoms with Crippen molar-refractivity contribution in [1.82, 2.24) is 4.90 Å². The maximum absolute atomic E-state index is 11.4. The van der Waals surface area contributed by atoms with Gasteiger partial charge in [0.2, 0.25) is 0 Å². The van der Waals surface area contributed by atoms with E-state index in [9.17, 15) is 9.90 Å². The molecule has 1 unspecified atom stereocenters. The zero-order valence-electron chi connectivity index (χ0n) is 17.9. The fraction of sp³-hybridized carbons (Fsp3) is 0.435. The van der Waals surface area contributed by atoms with Gasteiger partial charge in [0.1, 0.15) is 0 Å². The third kappa shape index (κ3) is 4.31. The monoisotopic (exact) mass is 415 g/mol. The van der Waals surface area contributed by atoms with Crippen molar-refractivity contribution in [2.75, 3.05) is 41.5 Å². The van der Waals surface area contributed by atoms with Crippen molar-refractivity contribution in [3.63, 3.8) is 0 Å². The van der Waals surface area contributed by atoms with Gasteiger partial charge in [0, 0.05) is 5.56 Å². The largest absolute Gasteiger partial charge is 0.493 e. The summed E-state index contributed by atoms with van der Waals surface area (Å²) in [6.07, 6.45) is 1.21. The average Bonchev–Trinajstić information content (AvgIpc) is 2.79. The smallest absolute Gasteiger partial charge is 0.306 e. The second-order valence-corrected chi connectivity index (χ2v) is 7.25. The third-order valence-electron chi connectivity index (χ3n) is 5.70. The molecule has 1 atom stereocenters. The highest BCUT2D eigenvalue weighted by Gasteiger charge is 2.32. The fourth-order valence-electron chi connectivity index (χ4n) is 4.14. The number of methoxy groups -OCH3 is 4. The van der Waals surface area contributed by atoms with Crippen LogP contribution in [0.25, 0.3) is 0 Å². The van der Waals surface area contributed by atoms with Crippen LogP contribution in [0.4, 0.5) is 0 Å². The molecule has 2 aromatic rings. The normalized spacial score (nSPS) is 16.0. The van der Waals surface area contributed by atoms with Gasteiger partial charge in [-0.05, 0) is 49.7 Å². The predicted molar refractivity (Wildman–Crippen MR) is 113 cm³/mol. The zero-order valence-corrected chi connectivity index (χ0v) is 17.9. The number of likely N-dealkylation sites (tertiary alicyclic amines) is 1. The Kier molecular flexibility index (Phi) is 7.05. The molecule has 1 saturated heterocycles. The van der Waals surface area contributed by atoms with Crippen molar-refractivity contribution in [2.45, 2.75) is 18.9 Å². The molecule has 0 aliphatic carbocycles. The highest BCUT2D eigenvalue weighted by atomic mass is 16.5. The number of benzene rings is 2. The lowest BCUT2D eigenvalue weighted by Gasteiger charge is -2.37. The first-order valence-electron chi connectivity index (χ1n) is 9.93. The van der Waals surface area contributed by atoms with Crippen molar-refractivity contribution in [3.8, 4) is 23.0 Å². The molecular weight excluding hydrogens is 386 g/mol. The van der Waals surface area contributed by atoms with Gasteiger partial charge in [-0.25, -0.2) is 0 Å². The van der Waals surface area contributed by atoms with Gasteiger partial charge < -0.3 is 24.1 Å². The molecule has 0 radical (unpaired) electrons. The minimum absolute atomic E-state index is 0.149. The number of hydrogen-bond acceptors (Lipinski definition) is 6. The summed E-state index contributed by atoms with van der Waals surface area (Å²) in [5.41, 5.74) is 1.96. The van der Waals surface area contributed by atoms with Crippen molar-refractivity contribution in [1.29, 1.82) is 0 Å². The van der Waals surface area contributed by atoms with Crippen LogP contribution in [0.3, 0.4) is 0 Å². The second-order valence-electron chi connectivity index (χ2n) is 7.25. The van der Waals surface area contributed by atoms with E-state index in [-0.39, 0.29) is 12.0 Å². The molecule has 0 bridgehead atoms. The second kappa shape index (κ2) is 9.71. The number of aliphatic carboxylic acids is 1. The number of piperidine rings is 1. The molecule has 2 aromatic carbocycles. The number of carboxylic acid groups (broad SMARTS) is 1. The lowest BCUT2D eigenvalue weighted by atomic mass is 9.90. The molecule has 1 aliphatic heterocycles. The van der Waals surface area contributed by atoms with E-state index in [1.165, 1.54) is 0 Å². The van der Waals surface area contributed by atoms with Crippen molar-refractivity contribution >= 4 is 5.97 Å². The number of carbonyl (C=O) groups is 1. The molecule has 1 aliphatic rings. The van der Waals surface area contributed by atoms with Crippen LogP contribution < -0.4 is 18.9 Å². The van der Waals surface area contributed by atoms with E-state index < -0.39 is 5.97 Å². The molecule has 162 valence electrons. The summed E-state index contributed by atoms with van der Waals surface area (Å²) in [5.74, 6) is 1.58. The molecule has 1 N–H and O–H groups in total. The maximum atomic E-state index is 11.4. The molecule has 1 fully saturated rings. The van der Waals surface area contributed by atoms with Crippen LogP contribution in [-0.2, 0) is 4.79 Å². The van der Waals surface area contributed by atoms with Gasteiger partial charge in [-0.15, -0.1) is 0 Å². The quantitative estimate of drug-likeness (QED) is 0.706. The molecule has 1 heterocycles. The van der Waals surface area contributed by atoms with Gasteiger partial charge in [-0.3, -0.25) is 9.69 Å². The number of ether oxygens (including phenoxy) is 4. The van der Waals surface area contributed by atoms with Crippen LogP contribution in [0.15, 0.2) is 36.4 Å². The first kappa shape index (κ1) is 21.8. The van der Waals surface area contributed by atoms with E-state index in [1.807, 2.05) is 36.4 Å². The number of nitrogens with zero attached hydrogens (tertiary/aromatic N) is 1. The highest BCUT2D eigenvalue weighted by Crippen LogP contribution is 2.43. The van der Waals surface area contributed by atoms with Gasteiger partial charge >= 0.3 is 5.97 Å². The van der Waals surface area contributed by atoms with Crippen LogP contribution in [0, 0.1) is 5.92 Å². The predicted octanol–water partition coefficient (Wildman–Crippen LogP) is 3.61. The summed E-state index contributed by atoms with van der Waals surface area (Å²) in [6, 6.07) is 11.5. The number of hydrogen-bond donors (Lipinski definition) is 1. The van der Waals surface area contributed by atoms with E-state index in [1.54, 1.807) is 28.4 Å². The molecule has 7 nitrogen and oxygen atoms in total. The maximum Gasteiger partial charge on any atom is 0.306 e. The van der Waals surface area contributed by atoms with Gasteiger partial charge in [0.05, 0.1) is 40.4 Å². The Bertz CT molecular complexity index is 876. The Hall–Kier alpha value is -2.93. The van der Waals surface area contributed by atoms with E-state index in [2.05, 4.69) is 4.90 Å². The molecular formula is C23H29NO6. The van der Waals surface area contributed by atoms with Gasteiger partial charge in [0.25, 0.3) is 0 Å². The fourth-order valence-corrected chi connectivity index (χ4v) is 4.14. The molecule has 0 aromatic heterocycles. The topological polar surface area (TPSA) is 77.5 Å². The Labute approximate surface area is 177 Å². The highest BCUT2D eigenvalue weighted by molar-refractivity contribution is 5.70. The molecule has 0 amide bonds. The van der Waals surface area contributed by atoms with Crippen LogP contribution in [-0.4, -0.2) is 57.5 Å². The molecule has 0 spiro atoms. The van der Waals surface area contributed by atoms with E-state index >= 15 is 0 Å². The van der Waals surface area contributed by atoms with E-state index in [4.69, 9.17) is 18.9 Å². The summed E-state index contributed by atoms with van der Waals surface area (Å²) < 4.78 is 22.2. The third-order valence-corrected chi connectivity index (χ3v) is 5.70.